The van der Waals surface area contributed by atoms with Crippen molar-refractivity contribution in [2.45, 2.75) is 64.1 Å². The molecule has 0 aliphatic carbocycles. The monoisotopic (exact) mass is 739 g/mol. The van der Waals surface area contributed by atoms with Crippen LogP contribution in [0.2, 0.25) is 5.02 Å². The predicted octanol–water partition coefficient (Wildman–Crippen LogP) is 6.88. The number of hydrogen-bond donors (Lipinski definition) is 2. The molecule has 2 heterocycles. The number of aryl methyl sites for hydroxylation is 1. The van der Waals surface area contributed by atoms with E-state index in [0.29, 0.717) is 60.0 Å². The van der Waals surface area contributed by atoms with Gasteiger partial charge in [0.1, 0.15) is 11.6 Å². The summed E-state index contributed by atoms with van der Waals surface area (Å²) in [5, 5.41) is 13.2. The van der Waals surface area contributed by atoms with Crippen molar-refractivity contribution in [3.63, 3.8) is 0 Å². The molecule has 48 heavy (non-hydrogen) atoms. The van der Waals surface area contributed by atoms with Gasteiger partial charge >= 0.3 is 5.97 Å². The smallest absolute Gasteiger partial charge is 0.303 e. The van der Waals surface area contributed by atoms with Gasteiger partial charge in [0.25, 0.3) is 5.91 Å². The molecule has 3 aromatic rings. The van der Waals surface area contributed by atoms with Gasteiger partial charge in [0.15, 0.2) is 0 Å². The fourth-order valence-electron chi connectivity index (χ4n) is 6.37. The third-order valence-corrected chi connectivity index (χ3v) is 9.84. The molecule has 0 saturated carbocycles. The fourth-order valence-corrected chi connectivity index (χ4v) is 6.92. The molecule has 1 fully saturated rings. The number of carboxylic acid groups (broad SMARTS) is 1. The molecule has 2 amide bonds. The summed E-state index contributed by atoms with van der Waals surface area (Å²) >= 11 is 9.87. The highest BCUT2D eigenvalue weighted by atomic mass is 79.9. The van der Waals surface area contributed by atoms with Gasteiger partial charge in [-0.2, -0.15) is 0 Å². The van der Waals surface area contributed by atoms with E-state index in [9.17, 15) is 18.8 Å². The molecule has 0 radical (unpaired) electrons. The van der Waals surface area contributed by atoms with Crippen molar-refractivity contribution in [2.24, 2.45) is 0 Å². The Kier molecular flexibility index (Phi) is 12.3. The van der Waals surface area contributed by atoms with E-state index in [2.05, 4.69) is 45.5 Å². The van der Waals surface area contributed by atoms with Gasteiger partial charge in [0.2, 0.25) is 5.91 Å². The molecule has 1 saturated heterocycles. The SMILES string of the molecule is CCN(Cc1ccccc1Cl)C(=O)C1=C(c2ccc(CCCOc3cc(F)ccc3Br)cc2)C[C@@H]2CN(C(=O)CCCC(=O)O)C[C@H]1N2. The zero-order chi connectivity index (χ0) is 34.2. The van der Waals surface area contributed by atoms with Gasteiger partial charge in [0, 0.05) is 61.7 Å². The number of carboxylic acids is 1. The lowest BCUT2D eigenvalue weighted by Gasteiger charge is -2.45. The number of halogens is 3. The number of amides is 2. The van der Waals surface area contributed by atoms with Crippen molar-refractivity contribution in [1.82, 2.24) is 15.1 Å². The summed E-state index contributed by atoms with van der Waals surface area (Å²) in [7, 11) is 0. The maximum atomic E-state index is 14.4. The Balaban J connectivity index is 1.36. The van der Waals surface area contributed by atoms with Crippen molar-refractivity contribution >= 4 is 50.9 Å². The molecule has 2 aliphatic rings. The summed E-state index contributed by atoms with van der Waals surface area (Å²) in [5.74, 6) is -0.992. The number of nitrogens with zero attached hydrogens (tertiary/aromatic N) is 2. The normalized spacial score (nSPS) is 17.3. The number of ether oxygens (including phenoxy) is 1. The van der Waals surface area contributed by atoms with E-state index in [1.807, 2.05) is 31.2 Å². The van der Waals surface area contributed by atoms with E-state index in [-0.39, 0.29) is 49.0 Å². The van der Waals surface area contributed by atoms with Crippen LogP contribution < -0.4 is 10.1 Å². The number of aliphatic carboxylic acids is 1. The van der Waals surface area contributed by atoms with Crippen LogP contribution in [0.5, 0.6) is 5.75 Å². The average molecular weight is 741 g/mol. The summed E-state index contributed by atoms with van der Waals surface area (Å²) in [6.45, 7) is 4.03. The highest BCUT2D eigenvalue weighted by Crippen LogP contribution is 2.35. The summed E-state index contributed by atoms with van der Waals surface area (Å²) in [5.41, 5.74) is 4.55. The second kappa shape index (κ2) is 16.6. The highest BCUT2D eigenvalue weighted by Gasteiger charge is 2.40. The van der Waals surface area contributed by atoms with Crippen molar-refractivity contribution in [3.05, 3.63) is 104 Å². The van der Waals surface area contributed by atoms with Crippen molar-refractivity contribution < 1.29 is 28.6 Å². The third-order valence-electron chi connectivity index (χ3n) is 8.82. The van der Waals surface area contributed by atoms with E-state index in [1.54, 1.807) is 15.9 Å². The van der Waals surface area contributed by atoms with Gasteiger partial charge in [-0.25, -0.2) is 4.39 Å². The Hall–Kier alpha value is -3.73. The van der Waals surface area contributed by atoms with Gasteiger partial charge in [-0.05, 0) is 89.0 Å². The van der Waals surface area contributed by atoms with Gasteiger partial charge in [0.05, 0.1) is 17.1 Å². The summed E-state index contributed by atoms with van der Waals surface area (Å²) < 4.78 is 20.1. The van der Waals surface area contributed by atoms with E-state index in [1.165, 1.54) is 12.1 Å². The van der Waals surface area contributed by atoms with Crippen LogP contribution in [0.1, 0.15) is 55.7 Å². The Morgan fingerprint density at radius 3 is 2.56 bits per heavy atom. The zero-order valence-electron chi connectivity index (χ0n) is 26.9. The van der Waals surface area contributed by atoms with Crippen LogP contribution in [0.25, 0.3) is 5.57 Å². The van der Waals surface area contributed by atoms with Crippen LogP contribution in [0, 0.1) is 5.82 Å². The number of rotatable bonds is 14. The van der Waals surface area contributed by atoms with Crippen molar-refractivity contribution in [2.75, 3.05) is 26.2 Å². The number of benzene rings is 3. The first-order valence-electron chi connectivity index (χ1n) is 16.3. The number of fused-ring (bicyclic) bond motifs is 2. The maximum Gasteiger partial charge on any atom is 0.303 e. The lowest BCUT2D eigenvalue weighted by molar-refractivity contribution is -0.138. The minimum absolute atomic E-state index is 0.0451. The lowest BCUT2D eigenvalue weighted by Crippen LogP contribution is -2.62. The van der Waals surface area contributed by atoms with Gasteiger partial charge < -0.3 is 25.0 Å². The highest BCUT2D eigenvalue weighted by molar-refractivity contribution is 9.10. The predicted molar refractivity (Wildman–Crippen MR) is 187 cm³/mol. The summed E-state index contributed by atoms with van der Waals surface area (Å²) in [4.78, 5) is 42.1. The van der Waals surface area contributed by atoms with Gasteiger partial charge in [-0.1, -0.05) is 54.1 Å². The average Bonchev–Trinajstić information content (AvgIpc) is 3.07. The number of hydrogen-bond acceptors (Lipinski definition) is 5. The van der Waals surface area contributed by atoms with Crippen molar-refractivity contribution in [3.8, 4) is 5.75 Å². The molecular formula is C37H40BrClFN3O5. The van der Waals surface area contributed by atoms with Crippen molar-refractivity contribution in [1.29, 1.82) is 0 Å². The van der Waals surface area contributed by atoms with E-state index >= 15 is 0 Å². The van der Waals surface area contributed by atoms with Crippen LogP contribution in [-0.4, -0.2) is 71.0 Å². The Labute approximate surface area is 294 Å². The molecule has 11 heteroatoms. The van der Waals surface area contributed by atoms with Crippen LogP contribution in [0.15, 0.2) is 76.8 Å². The molecule has 0 aromatic heterocycles. The van der Waals surface area contributed by atoms with Crippen LogP contribution in [-0.2, 0) is 27.3 Å². The molecule has 8 nitrogen and oxygen atoms in total. The fraction of sp³-hybridized carbons (Fsp3) is 0.378. The number of piperazine rings is 1. The number of carbonyl (C=O) groups is 3. The molecule has 2 bridgehead atoms. The first-order valence-corrected chi connectivity index (χ1v) is 17.5. The second-order valence-electron chi connectivity index (χ2n) is 12.2. The molecule has 254 valence electrons. The molecular weight excluding hydrogens is 701 g/mol. The zero-order valence-corrected chi connectivity index (χ0v) is 29.2. The Morgan fingerprint density at radius 1 is 1.06 bits per heavy atom. The minimum atomic E-state index is -0.921. The topological polar surface area (TPSA) is 99.2 Å². The maximum absolute atomic E-state index is 14.4. The molecule has 0 unspecified atom stereocenters. The largest absolute Gasteiger partial charge is 0.492 e. The summed E-state index contributed by atoms with van der Waals surface area (Å²) in [6.07, 6.45) is 2.46. The van der Waals surface area contributed by atoms with E-state index in [0.717, 1.165) is 35.1 Å². The van der Waals surface area contributed by atoms with Crippen LogP contribution >= 0.6 is 27.5 Å². The Morgan fingerprint density at radius 2 is 1.83 bits per heavy atom. The minimum Gasteiger partial charge on any atom is -0.492 e. The van der Waals surface area contributed by atoms with Gasteiger partial charge in [-0.3, -0.25) is 14.4 Å². The molecule has 2 atom stereocenters. The number of nitrogens with one attached hydrogen (secondary N) is 1. The van der Waals surface area contributed by atoms with Crippen LogP contribution in [0.4, 0.5) is 4.39 Å². The van der Waals surface area contributed by atoms with Gasteiger partial charge in [-0.15, -0.1) is 0 Å². The molecule has 2 N–H and O–H groups in total. The van der Waals surface area contributed by atoms with Crippen LogP contribution in [0.3, 0.4) is 0 Å². The second-order valence-corrected chi connectivity index (χ2v) is 13.5. The molecule has 2 aliphatic heterocycles. The first kappa shape index (κ1) is 35.6. The lowest BCUT2D eigenvalue weighted by atomic mass is 9.82. The van der Waals surface area contributed by atoms with E-state index < -0.39 is 5.97 Å². The number of likely N-dealkylation sites (N-methyl/N-ethyl adjacent to an activating group) is 1. The summed E-state index contributed by atoms with van der Waals surface area (Å²) in [6, 6.07) is 19.7. The Bertz CT molecular complexity index is 1670. The number of carbonyl (C=O) groups excluding carboxylic acids is 2. The molecule has 5 rings (SSSR count). The quantitative estimate of drug-likeness (QED) is 0.175. The third kappa shape index (κ3) is 9.03. The standard InChI is InChI=1S/C37H40BrClFN3O5/c1-2-42(21-26-8-3-4-9-31(26)39)37(47)36-29(20-28-22-43(23-32(36)41-28)34(44)10-5-11-35(45)46)25-14-12-24(13-15-25)7-6-18-48-33-19-27(40)16-17-30(33)38/h3-4,8-9,12-17,19,28,32,41H,2,5-7,10-11,18,20-23H2,1H3,(H,45,46)/t28-,32-/m1/s1. The first-order chi connectivity index (χ1) is 23.1. The van der Waals surface area contributed by atoms with E-state index in [4.69, 9.17) is 21.4 Å². The molecule has 3 aromatic carbocycles. The molecule has 0 spiro atoms.